The summed E-state index contributed by atoms with van der Waals surface area (Å²) >= 11 is 0. The molecule has 4 rings (SSSR count). The van der Waals surface area contributed by atoms with Crippen molar-refractivity contribution in [1.82, 2.24) is 9.78 Å². The van der Waals surface area contributed by atoms with Crippen molar-refractivity contribution in [3.8, 4) is 17.2 Å². The molecule has 178 valence electrons. The molecular formula is C22H19F3N4O5. The van der Waals surface area contributed by atoms with Gasteiger partial charge in [-0.1, -0.05) is 12.1 Å². The number of nitro benzene ring substituents is 1. The molecule has 0 spiro atoms. The van der Waals surface area contributed by atoms with Crippen molar-refractivity contribution in [2.75, 3.05) is 12.4 Å². The lowest BCUT2D eigenvalue weighted by Crippen LogP contribution is -2.21. The monoisotopic (exact) mass is 476 g/mol. The van der Waals surface area contributed by atoms with E-state index in [0.717, 1.165) is 29.7 Å². The van der Waals surface area contributed by atoms with Gasteiger partial charge in [0, 0.05) is 23.7 Å². The van der Waals surface area contributed by atoms with Gasteiger partial charge in [-0.05, 0) is 31.0 Å². The van der Waals surface area contributed by atoms with Gasteiger partial charge in [-0.25, -0.2) is 0 Å². The van der Waals surface area contributed by atoms with Gasteiger partial charge in [0.25, 0.3) is 5.69 Å². The average Bonchev–Trinajstić information content (AvgIpc) is 3.52. The van der Waals surface area contributed by atoms with Crippen LogP contribution in [0.2, 0.25) is 0 Å². The van der Waals surface area contributed by atoms with Crippen LogP contribution in [0.3, 0.4) is 0 Å². The number of alkyl halides is 3. The van der Waals surface area contributed by atoms with Crippen molar-refractivity contribution in [1.29, 1.82) is 0 Å². The summed E-state index contributed by atoms with van der Waals surface area (Å²) in [6, 6.07) is 11.3. The lowest BCUT2D eigenvalue weighted by Gasteiger charge is -2.12. The highest BCUT2D eigenvalue weighted by Crippen LogP contribution is 2.42. The molecule has 1 aliphatic rings. The number of rotatable bonds is 8. The van der Waals surface area contributed by atoms with Crippen molar-refractivity contribution >= 4 is 17.3 Å². The van der Waals surface area contributed by atoms with E-state index in [1.54, 1.807) is 24.3 Å². The number of amides is 1. The van der Waals surface area contributed by atoms with Crippen LogP contribution in [0, 0.1) is 10.1 Å². The molecule has 0 bridgehead atoms. The molecule has 12 heteroatoms. The number of halogens is 3. The second-order valence-corrected chi connectivity index (χ2v) is 7.66. The van der Waals surface area contributed by atoms with E-state index in [0.29, 0.717) is 17.2 Å². The summed E-state index contributed by atoms with van der Waals surface area (Å²) in [7, 11) is 1.44. The molecule has 1 aliphatic carbocycles. The summed E-state index contributed by atoms with van der Waals surface area (Å²) in [6.07, 6.45) is -3.19. The predicted molar refractivity (Wildman–Crippen MR) is 114 cm³/mol. The molecule has 2 aromatic carbocycles. The number of carbonyl (C=O) groups is 1. The minimum Gasteiger partial charge on any atom is -0.493 e. The molecule has 1 amide bonds. The second-order valence-electron chi connectivity index (χ2n) is 7.66. The predicted octanol–water partition coefficient (Wildman–Crippen LogP) is 5.13. The van der Waals surface area contributed by atoms with E-state index in [9.17, 15) is 28.1 Å². The van der Waals surface area contributed by atoms with Crippen LogP contribution in [-0.2, 0) is 17.5 Å². The molecule has 1 saturated carbocycles. The Labute approximate surface area is 191 Å². The highest BCUT2D eigenvalue weighted by Gasteiger charge is 2.38. The molecule has 0 aliphatic heterocycles. The van der Waals surface area contributed by atoms with Crippen molar-refractivity contribution in [2.24, 2.45) is 0 Å². The van der Waals surface area contributed by atoms with Gasteiger partial charge in [0.1, 0.15) is 12.3 Å². The van der Waals surface area contributed by atoms with Crippen LogP contribution < -0.4 is 14.8 Å². The number of nitro groups is 1. The Bertz CT molecular complexity index is 1240. The molecule has 1 N–H and O–H groups in total. The molecule has 34 heavy (non-hydrogen) atoms. The number of carbonyl (C=O) groups excluding carboxylic acids is 1. The fourth-order valence-electron chi connectivity index (χ4n) is 3.39. The van der Waals surface area contributed by atoms with Gasteiger partial charge in [-0.3, -0.25) is 19.6 Å². The van der Waals surface area contributed by atoms with E-state index in [4.69, 9.17) is 9.47 Å². The Morgan fingerprint density at radius 2 is 1.91 bits per heavy atom. The van der Waals surface area contributed by atoms with Crippen LogP contribution in [-0.4, -0.2) is 27.7 Å². The van der Waals surface area contributed by atoms with Crippen LogP contribution in [0.4, 0.5) is 24.5 Å². The number of nitrogens with zero attached hydrogens (tertiary/aromatic N) is 3. The molecule has 3 aromatic rings. The van der Waals surface area contributed by atoms with Crippen molar-refractivity contribution in [2.45, 2.75) is 31.5 Å². The molecule has 0 atom stereocenters. The number of benzene rings is 2. The minimum atomic E-state index is -4.63. The first kappa shape index (κ1) is 23.1. The Kier molecular flexibility index (Phi) is 6.14. The van der Waals surface area contributed by atoms with Crippen molar-refractivity contribution in [3.05, 3.63) is 70.0 Å². The fraction of sp³-hybridized carbons (Fsp3) is 0.273. The number of ether oxygens (including phenoxy) is 2. The van der Waals surface area contributed by atoms with Gasteiger partial charge in [0.15, 0.2) is 17.2 Å². The molecule has 0 unspecified atom stereocenters. The van der Waals surface area contributed by atoms with Crippen molar-refractivity contribution < 1.29 is 32.4 Å². The van der Waals surface area contributed by atoms with E-state index in [1.165, 1.54) is 19.2 Å². The number of para-hydroxylation sites is 2. The number of aromatic nitrogens is 2. The Hall–Kier alpha value is -4.09. The van der Waals surface area contributed by atoms with Crippen LogP contribution in [0.1, 0.15) is 30.1 Å². The van der Waals surface area contributed by atoms with E-state index in [2.05, 4.69) is 10.4 Å². The Balaban J connectivity index is 1.56. The number of anilines is 1. The zero-order chi connectivity index (χ0) is 24.5. The highest BCUT2D eigenvalue weighted by atomic mass is 19.4. The van der Waals surface area contributed by atoms with Crippen molar-refractivity contribution in [3.63, 3.8) is 0 Å². The molecule has 1 fully saturated rings. The van der Waals surface area contributed by atoms with Crippen LogP contribution in [0.5, 0.6) is 17.2 Å². The maximum atomic E-state index is 13.1. The highest BCUT2D eigenvalue weighted by molar-refractivity contribution is 5.91. The third kappa shape index (κ3) is 5.27. The molecule has 9 nitrogen and oxygen atoms in total. The Morgan fingerprint density at radius 1 is 1.21 bits per heavy atom. The summed E-state index contributed by atoms with van der Waals surface area (Å²) < 4.78 is 51.2. The zero-order valence-corrected chi connectivity index (χ0v) is 17.8. The number of hydrogen-bond donors (Lipinski definition) is 1. The number of methoxy groups -OCH3 is 1. The van der Waals surface area contributed by atoms with Gasteiger partial charge >= 0.3 is 6.18 Å². The summed E-state index contributed by atoms with van der Waals surface area (Å²) in [5, 5.41) is 17.4. The largest absolute Gasteiger partial charge is 0.493 e. The molecule has 1 aromatic heterocycles. The molecule has 1 heterocycles. The van der Waals surface area contributed by atoms with E-state index >= 15 is 0 Å². The minimum absolute atomic E-state index is 0.0419. The summed E-state index contributed by atoms with van der Waals surface area (Å²) in [5.41, 5.74) is -1.04. The van der Waals surface area contributed by atoms with Gasteiger partial charge in [-0.15, -0.1) is 0 Å². The zero-order valence-electron chi connectivity index (χ0n) is 17.8. The standard InChI is InChI=1S/C22H19F3N4O5/c1-33-18-4-2-3-5-19(18)34-16-9-14(8-15(10-16)29(31)32)26-21(30)12-28-17(13-6-7-13)11-20(27-28)22(23,24)25/h2-5,8-11,13H,6-7,12H2,1H3,(H,26,30). The van der Waals surface area contributed by atoms with Crippen LogP contribution in [0.25, 0.3) is 0 Å². The third-order valence-corrected chi connectivity index (χ3v) is 5.07. The summed E-state index contributed by atoms with van der Waals surface area (Å²) in [5.74, 6) is -0.0110. The van der Waals surface area contributed by atoms with Gasteiger partial charge in [0.2, 0.25) is 5.91 Å². The quantitative estimate of drug-likeness (QED) is 0.357. The third-order valence-electron chi connectivity index (χ3n) is 5.07. The number of nitrogens with one attached hydrogen (secondary N) is 1. The Morgan fingerprint density at radius 3 is 2.53 bits per heavy atom. The van der Waals surface area contributed by atoms with Crippen LogP contribution >= 0.6 is 0 Å². The second kappa shape index (κ2) is 9.04. The first-order valence-electron chi connectivity index (χ1n) is 10.2. The van der Waals surface area contributed by atoms with Crippen LogP contribution in [0.15, 0.2) is 48.5 Å². The summed E-state index contributed by atoms with van der Waals surface area (Å²) in [4.78, 5) is 23.3. The first-order chi connectivity index (χ1) is 16.1. The van der Waals surface area contributed by atoms with Gasteiger partial charge < -0.3 is 14.8 Å². The maximum Gasteiger partial charge on any atom is 0.435 e. The van der Waals surface area contributed by atoms with Gasteiger partial charge in [0.05, 0.1) is 23.8 Å². The van der Waals surface area contributed by atoms with Gasteiger partial charge in [-0.2, -0.15) is 18.3 Å². The normalized spacial score (nSPS) is 13.4. The molecular weight excluding hydrogens is 457 g/mol. The lowest BCUT2D eigenvalue weighted by molar-refractivity contribution is -0.384. The topological polar surface area (TPSA) is 109 Å². The van der Waals surface area contributed by atoms with E-state index in [1.807, 2.05) is 0 Å². The maximum absolute atomic E-state index is 13.1. The fourth-order valence-corrected chi connectivity index (χ4v) is 3.39. The van der Waals surface area contributed by atoms with E-state index < -0.39 is 29.2 Å². The SMILES string of the molecule is COc1ccccc1Oc1cc(NC(=O)Cn2nc(C(F)(F)F)cc2C2CC2)cc([N+](=O)[O-])c1. The van der Waals surface area contributed by atoms with E-state index in [-0.39, 0.29) is 23.0 Å². The lowest BCUT2D eigenvalue weighted by atomic mass is 10.2. The summed E-state index contributed by atoms with van der Waals surface area (Å²) in [6.45, 7) is -0.479. The number of non-ortho nitro benzene ring substituents is 1. The molecule has 0 radical (unpaired) electrons. The first-order valence-corrected chi connectivity index (χ1v) is 10.2. The smallest absolute Gasteiger partial charge is 0.435 e. The number of hydrogen-bond acceptors (Lipinski definition) is 6. The average molecular weight is 476 g/mol. The molecule has 0 saturated heterocycles.